The van der Waals surface area contributed by atoms with E-state index in [0.717, 1.165) is 0 Å². The number of thioether (sulfide) groups is 1. The van der Waals surface area contributed by atoms with E-state index in [1.165, 1.54) is 44.3 Å². The van der Waals surface area contributed by atoms with Crippen molar-refractivity contribution >= 4 is 11.8 Å². The van der Waals surface area contributed by atoms with Gasteiger partial charge in [0.2, 0.25) is 0 Å². The van der Waals surface area contributed by atoms with Gasteiger partial charge in [0.25, 0.3) is 0 Å². The van der Waals surface area contributed by atoms with E-state index in [1.54, 1.807) is 0 Å². The van der Waals surface area contributed by atoms with Gasteiger partial charge in [0.05, 0.1) is 6.07 Å². The fourth-order valence-electron chi connectivity index (χ4n) is 1.35. The van der Waals surface area contributed by atoms with E-state index < -0.39 is 0 Å². The highest BCUT2D eigenvalue weighted by Crippen LogP contribution is 2.16. The Balaban J connectivity index is 3.02. The van der Waals surface area contributed by atoms with Crippen LogP contribution in [0.15, 0.2) is 0 Å². The first-order valence-electron chi connectivity index (χ1n) is 5.79. The van der Waals surface area contributed by atoms with Gasteiger partial charge in [-0.1, -0.05) is 46.0 Å². The van der Waals surface area contributed by atoms with Gasteiger partial charge >= 0.3 is 0 Å². The summed E-state index contributed by atoms with van der Waals surface area (Å²) < 4.78 is 0. The minimum absolute atomic E-state index is 0.524. The fraction of sp³-hybridized carbons (Fsp3) is 0.917. The summed E-state index contributed by atoms with van der Waals surface area (Å²) in [7, 11) is 0. The van der Waals surface area contributed by atoms with Crippen molar-refractivity contribution in [2.75, 3.05) is 5.75 Å². The molecule has 0 aliphatic carbocycles. The van der Waals surface area contributed by atoms with Crippen molar-refractivity contribution in [3.8, 4) is 6.07 Å². The van der Waals surface area contributed by atoms with Crippen molar-refractivity contribution in [1.29, 1.82) is 5.26 Å². The van der Waals surface area contributed by atoms with Crippen LogP contribution in [0, 0.1) is 11.3 Å². The van der Waals surface area contributed by atoms with Crippen molar-refractivity contribution in [2.45, 2.75) is 64.0 Å². The van der Waals surface area contributed by atoms with E-state index in [4.69, 9.17) is 5.26 Å². The third-order valence-corrected chi connectivity index (χ3v) is 3.54. The molecule has 1 unspecified atom stereocenters. The molecule has 0 aliphatic rings. The lowest BCUT2D eigenvalue weighted by Gasteiger charge is -2.06. The van der Waals surface area contributed by atoms with Gasteiger partial charge in [0.1, 0.15) is 0 Å². The van der Waals surface area contributed by atoms with Crippen LogP contribution in [-0.2, 0) is 0 Å². The van der Waals surface area contributed by atoms with Gasteiger partial charge in [-0.2, -0.15) is 17.0 Å². The number of hydrogen-bond donors (Lipinski definition) is 0. The number of nitriles is 1. The van der Waals surface area contributed by atoms with Crippen LogP contribution >= 0.6 is 11.8 Å². The molecular weight excluding hydrogens is 190 g/mol. The smallest absolute Gasteiger partial charge is 0.0633 e. The first kappa shape index (κ1) is 13.8. The minimum Gasteiger partial charge on any atom is -0.198 e. The molecule has 0 saturated heterocycles. The molecule has 2 heteroatoms. The largest absolute Gasteiger partial charge is 0.198 e. The lowest BCUT2D eigenvalue weighted by atomic mass is 10.1. The lowest BCUT2D eigenvalue weighted by molar-refractivity contribution is 0.626. The summed E-state index contributed by atoms with van der Waals surface area (Å²) in [4.78, 5) is 0. The molecule has 0 amide bonds. The molecule has 0 bridgehead atoms. The monoisotopic (exact) mass is 213 g/mol. The van der Waals surface area contributed by atoms with E-state index in [0.29, 0.717) is 11.7 Å². The molecular formula is C12H23NS. The molecule has 0 rings (SSSR count). The number of hydrogen-bond acceptors (Lipinski definition) is 2. The quantitative estimate of drug-likeness (QED) is 0.531. The minimum atomic E-state index is 0.524. The Morgan fingerprint density at radius 1 is 1.14 bits per heavy atom. The van der Waals surface area contributed by atoms with Gasteiger partial charge in [-0.15, -0.1) is 0 Å². The third-order valence-electron chi connectivity index (χ3n) is 2.28. The van der Waals surface area contributed by atoms with Crippen LogP contribution in [0.25, 0.3) is 0 Å². The zero-order valence-corrected chi connectivity index (χ0v) is 10.4. The molecule has 0 heterocycles. The highest BCUT2D eigenvalue weighted by Gasteiger charge is 2.00. The summed E-state index contributed by atoms with van der Waals surface area (Å²) in [6.45, 7) is 4.39. The van der Waals surface area contributed by atoms with Crippen molar-refractivity contribution < 1.29 is 0 Å². The number of nitrogens with zero attached hydrogens (tertiary/aromatic N) is 1. The molecule has 0 saturated carbocycles. The van der Waals surface area contributed by atoms with E-state index in [-0.39, 0.29) is 0 Å². The summed E-state index contributed by atoms with van der Waals surface area (Å²) in [5.41, 5.74) is 0. The highest BCUT2D eigenvalue weighted by molar-refractivity contribution is 7.99. The Kier molecular flexibility index (Phi) is 10.8. The van der Waals surface area contributed by atoms with E-state index >= 15 is 0 Å². The zero-order valence-electron chi connectivity index (χ0n) is 9.59. The summed E-state index contributed by atoms with van der Waals surface area (Å²) >= 11 is 1.94. The Labute approximate surface area is 93.3 Å². The Morgan fingerprint density at radius 3 is 2.43 bits per heavy atom. The van der Waals surface area contributed by atoms with E-state index in [2.05, 4.69) is 19.9 Å². The van der Waals surface area contributed by atoms with Gasteiger partial charge in [-0.25, -0.2) is 0 Å². The maximum absolute atomic E-state index is 8.47. The highest BCUT2D eigenvalue weighted by atomic mass is 32.2. The van der Waals surface area contributed by atoms with Crippen LogP contribution in [-0.4, -0.2) is 11.0 Å². The SMILES string of the molecule is CCCCCCCCSC(C)CC#N. The van der Waals surface area contributed by atoms with Gasteiger partial charge < -0.3 is 0 Å². The van der Waals surface area contributed by atoms with Crippen LogP contribution in [0.3, 0.4) is 0 Å². The topological polar surface area (TPSA) is 23.8 Å². The van der Waals surface area contributed by atoms with Crippen LogP contribution in [0.5, 0.6) is 0 Å². The Bertz CT molecular complexity index is 151. The van der Waals surface area contributed by atoms with Gasteiger partial charge in [-0.3, -0.25) is 0 Å². The third kappa shape index (κ3) is 9.92. The maximum atomic E-state index is 8.47. The molecule has 0 aromatic rings. The summed E-state index contributed by atoms with van der Waals surface area (Å²) in [5.74, 6) is 1.23. The van der Waals surface area contributed by atoms with Crippen LogP contribution < -0.4 is 0 Å². The Morgan fingerprint density at radius 2 is 1.79 bits per heavy atom. The molecule has 0 aromatic heterocycles. The normalized spacial score (nSPS) is 12.4. The van der Waals surface area contributed by atoms with E-state index in [1.807, 2.05) is 11.8 Å². The molecule has 1 atom stereocenters. The summed E-state index contributed by atoms with van der Waals surface area (Å²) in [6.07, 6.45) is 8.89. The first-order chi connectivity index (χ1) is 6.81. The maximum Gasteiger partial charge on any atom is 0.0633 e. The van der Waals surface area contributed by atoms with Crippen molar-refractivity contribution in [3.05, 3.63) is 0 Å². The van der Waals surface area contributed by atoms with Gasteiger partial charge in [0.15, 0.2) is 0 Å². The first-order valence-corrected chi connectivity index (χ1v) is 6.84. The second kappa shape index (κ2) is 10.9. The molecule has 0 fully saturated rings. The molecule has 0 aromatic carbocycles. The summed E-state index contributed by atoms with van der Waals surface area (Å²) in [6, 6.07) is 2.22. The predicted molar refractivity (Wildman–Crippen MR) is 65.5 cm³/mol. The lowest BCUT2D eigenvalue weighted by Crippen LogP contribution is -1.95. The van der Waals surface area contributed by atoms with Gasteiger partial charge in [0, 0.05) is 11.7 Å². The van der Waals surface area contributed by atoms with Crippen LogP contribution in [0.1, 0.15) is 58.8 Å². The standard InChI is InChI=1S/C12H23NS/c1-3-4-5-6-7-8-11-14-12(2)9-10-13/h12H,3-9,11H2,1-2H3. The average molecular weight is 213 g/mol. The van der Waals surface area contributed by atoms with Crippen molar-refractivity contribution in [2.24, 2.45) is 0 Å². The molecule has 82 valence electrons. The summed E-state index contributed by atoms with van der Waals surface area (Å²) in [5, 5.41) is 9.00. The molecule has 0 N–H and O–H groups in total. The Hall–Kier alpha value is -0.160. The van der Waals surface area contributed by atoms with Gasteiger partial charge in [-0.05, 0) is 12.2 Å². The van der Waals surface area contributed by atoms with Crippen LogP contribution in [0.2, 0.25) is 0 Å². The van der Waals surface area contributed by atoms with Crippen LogP contribution in [0.4, 0.5) is 0 Å². The molecule has 0 spiro atoms. The zero-order chi connectivity index (χ0) is 10.6. The molecule has 0 radical (unpaired) electrons. The second-order valence-electron chi connectivity index (χ2n) is 3.81. The molecule has 0 aliphatic heterocycles. The van der Waals surface area contributed by atoms with Crippen molar-refractivity contribution in [3.63, 3.8) is 0 Å². The number of rotatable bonds is 9. The number of unbranched alkanes of at least 4 members (excludes halogenated alkanes) is 5. The molecule has 14 heavy (non-hydrogen) atoms. The second-order valence-corrected chi connectivity index (χ2v) is 5.36. The van der Waals surface area contributed by atoms with E-state index in [9.17, 15) is 0 Å². The average Bonchev–Trinajstić information content (AvgIpc) is 2.17. The fourth-order valence-corrected chi connectivity index (χ4v) is 2.32. The van der Waals surface area contributed by atoms with Crippen molar-refractivity contribution in [1.82, 2.24) is 0 Å². The predicted octanol–water partition coefficient (Wildman–Crippen LogP) is 4.38. The molecule has 1 nitrogen and oxygen atoms in total.